The molecule has 0 bridgehead atoms. The Hall–Kier alpha value is -0.580. The van der Waals surface area contributed by atoms with Gasteiger partial charge >= 0.3 is 0 Å². The van der Waals surface area contributed by atoms with Crippen LogP contribution in [-0.4, -0.2) is 23.8 Å². The topological polar surface area (TPSA) is 52.5 Å². The molecule has 0 aliphatic rings. The van der Waals surface area contributed by atoms with Gasteiger partial charge in [0.25, 0.3) is 0 Å². The number of hydrogen-bond donors (Lipinski definition) is 3. The monoisotopic (exact) mass is 259 g/mol. The third-order valence-corrected chi connectivity index (χ3v) is 2.95. The number of hydrogen-bond acceptors (Lipinski definition) is 3. The summed E-state index contributed by atoms with van der Waals surface area (Å²) in [5, 5.41) is 22.1. The summed E-state index contributed by atoms with van der Waals surface area (Å²) in [5.74, 6) is 0.199. The van der Waals surface area contributed by atoms with Crippen LogP contribution in [0, 0.1) is 6.92 Å². The van der Waals surface area contributed by atoms with Crippen LogP contribution in [0.5, 0.6) is 5.75 Å². The molecular weight excluding hydrogens is 246 g/mol. The standard InChI is InChI=1S/C10H14BrNO2/c1-6-8(11)3-7(4-9(6)13)10(14)5-12-2/h3-4,10,12-14H,5H2,1-2H3. The number of halogens is 1. The summed E-state index contributed by atoms with van der Waals surface area (Å²) < 4.78 is 0.808. The van der Waals surface area contributed by atoms with Crippen LogP contribution >= 0.6 is 15.9 Å². The summed E-state index contributed by atoms with van der Waals surface area (Å²) in [6.45, 7) is 2.28. The molecule has 1 aromatic rings. The lowest BCUT2D eigenvalue weighted by Crippen LogP contribution is -2.16. The predicted molar refractivity (Wildman–Crippen MR) is 59.4 cm³/mol. The minimum absolute atomic E-state index is 0.199. The maximum absolute atomic E-state index is 9.67. The second-order valence-electron chi connectivity index (χ2n) is 3.22. The van der Waals surface area contributed by atoms with E-state index in [2.05, 4.69) is 21.2 Å². The molecule has 1 aromatic carbocycles. The molecule has 1 rings (SSSR count). The Morgan fingerprint density at radius 3 is 2.64 bits per heavy atom. The minimum Gasteiger partial charge on any atom is -0.508 e. The number of benzene rings is 1. The zero-order chi connectivity index (χ0) is 10.7. The zero-order valence-corrected chi connectivity index (χ0v) is 9.80. The maximum Gasteiger partial charge on any atom is 0.119 e. The highest BCUT2D eigenvalue weighted by Crippen LogP contribution is 2.29. The quantitative estimate of drug-likeness (QED) is 0.775. The molecule has 3 N–H and O–H groups in total. The van der Waals surface area contributed by atoms with Gasteiger partial charge in [-0.25, -0.2) is 0 Å². The smallest absolute Gasteiger partial charge is 0.119 e. The van der Waals surface area contributed by atoms with Crippen LogP contribution in [0.25, 0.3) is 0 Å². The molecule has 0 aliphatic heterocycles. The van der Waals surface area contributed by atoms with E-state index in [9.17, 15) is 10.2 Å². The highest BCUT2D eigenvalue weighted by molar-refractivity contribution is 9.10. The van der Waals surface area contributed by atoms with Gasteiger partial charge in [-0.2, -0.15) is 0 Å². The molecule has 0 radical (unpaired) electrons. The van der Waals surface area contributed by atoms with Gasteiger partial charge in [0.05, 0.1) is 6.10 Å². The van der Waals surface area contributed by atoms with Gasteiger partial charge in [0.2, 0.25) is 0 Å². The first kappa shape index (κ1) is 11.5. The van der Waals surface area contributed by atoms with Crippen LogP contribution in [0.15, 0.2) is 16.6 Å². The molecule has 0 amide bonds. The molecular formula is C10H14BrNO2. The fraction of sp³-hybridized carbons (Fsp3) is 0.400. The molecule has 78 valence electrons. The number of rotatable bonds is 3. The van der Waals surface area contributed by atoms with E-state index in [1.165, 1.54) is 0 Å². The summed E-state index contributed by atoms with van der Waals surface area (Å²) in [6, 6.07) is 3.40. The normalized spacial score (nSPS) is 12.9. The van der Waals surface area contributed by atoms with E-state index in [4.69, 9.17) is 0 Å². The average Bonchev–Trinajstić information content (AvgIpc) is 2.13. The second kappa shape index (κ2) is 4.77. The van der Waals surface area contributed by atoms with E-state index in [1.807, 2.05) is 13.0 Å². The molecule has 0 spiro atoms. The van der Waals surface area contributed by atoms with Crippen molar-refractivity contribution in [3.8, 4) is 5.75 Å². The van der Waals surface area contributed by atoms with E-state index >= 15 is 0 Å². The summed E-state index contributed by atoms with van der Waals surface area (Å²) in [4.78, 5) is 0. The summed E-state index contributed by atoms with van der Waals surface area (Å²) in [6.07, 6.45) is -0.595. The first-order valence-electron chi connectivity index (χ1n) is 4.38. The summed E-state index contributed by atoms with van der Waals surface area (Å²) >= 11 is 3.32. The lowest BCUT2D eigenvalue weighted by Gasteiger charge is -2.12. The molecule has 4 heteroatoms. The highest BCUT2D eigenvalue weighted by Gasteiger charge is 2.10. The molecule has 14 heavy (non-hydrogen) atoms. The van der Waals surface area contributed by atoms with Crippen LogP contribution < -0.4 is 5.32 Å². The van der Waals surface area contributed by atoms with Crippen molar-refractivity contribution < 1.29 is 10.2 Å². The Balaban J connectivity index is 3.00. The number of phenolic OH excluding ortho intramolecular Hbond substituents is 1. The first-order valence-corrected chi connectivity index (χ1v) is 5.17. The molecule has 1 unspecified atom stereocenters. The molecule has 0 heterocycles. The second-order valence-corrected chi connectivity index (χ2v) is 4.07. The average molecular weight is 260 g/mol. The number of aliphatic hydroxyl groups excluding tert-OH is 1. The minimum atomic E-state index is -0.595. The van der Waals surface area contributed by atoms with Crippen molar-refractivity contribution in [3.63, 3.8) is 0 Å². The van der Waals surface area contributed by atoms with Gasteiger partial charge in [-0.05, 0) is 31.7 Å². The lowest BCUT2D eigenvalue weighted by molar-refractivity contribution is 0.177. The van der Waals surface area contributed by atoms with Crippen LogP contribution in [-0.2, 0) is 0 Å². The van der Waals surface area contributed by atoms with Crippen molar-refractivity contribution in [2.45, 2.75) is 13.0 Å². The molecule has 3 nitrogen and oxygen atoms in total. The van der Waals surface area contributed by atoms with Crippen LogP contribution in [0.3, 0.4) is 0 Å². The third-order valence-electron chi connectivity index (χ3n) is 2.12. The maximum atomic E-state index is 9.67. The molecule has 1 atom stereocenters. The Labute approximate surface area is 91.9 Å². The third kappa shape index (κ3) is 2.47. The van der Waals surface area contributed by atoms with Crippen molar-refractivity contribution in [2.75, 3.05) is 13.6 Å². The molecule has 0 saturated carbocycles. The Morgan fingerprint density at radius 2 is 2.14 bits per heavy atom. The highest BCUT2D eigenvalue weighted by atomic mass is 79.9. The van der Waals surface area contributed by atoms with E-state index in [1.54, 1.807) is 13.1 Å². The van der Waals surface area contributed by atoms with E-state index in [0.29, 0.717) is 12.1 Å². The Kier molecular flexibility index (Phi) is 3.92. The summed E-state index contributed by atoms with van der Waals surface area (Å²) in [5.41, 5.74) is 1.49. The molecule has 0 aliphatic carbocycles. The number of likely N-dealkylation sites (N-methyl/N-ethyl adjacent to an activating group) is 1. The molecule has 0 fully saturated rings. The van der Waals surface area contributed by atoms with Gasteiger partial charge in [-0.1, -0.05) is 15.9 Å². The van der Waals surface area contributed by atoms with Crippen molar-refractivity contribution in [2.24, 2.45) is 0 Å². The number of nitrogens with one attached hydrogen (secondary N) is 1. The molecule has 0 saturated heterocycles. The van der Waals surface area contributed by atoms with Crippen molar-refractivity contribution in [3.05, 3.63) is 27.7 Å². The zero-order valence-electron chi connectivity index (χ0n) is 8.21. The van der Waals surface area contributed by atoms with E-state index in [0.717, 1.165) is 10.0 Å². The predicted octanol–water partition coefficient (Wildman–Crippen LogP) is 1.72. The van der Waals surface area contributed by atoms with Crippen molar-refractivity contribution >= 4 is 15.9 Å². The van der Waals surface area contributed by atoms with Gasteiger partial charge in [0, 0.05) is 16.6 Å². The number of aromatic hydroxyl groups is 1. The summed E-state index contributed by atoms with van der Waals surface area (Å²) in [7, 11) is 1.77. The fourth-order valence-corrected chi connectivity index (χ4v) is 1.66. The lowest BCUT2D eigenvalue weighted by atomic mass is 10.1. The fourth-order valence-electron chi connectivity index (χ4n) is 1.19. The largest absolute Gasteiger partial charge is 0.508 e. The van der Waals surface area contributed by atoms with Gasteiger partial charge in [-0.15, -0.1) is 0 Å². The van der Waals surface area contributed by atoms with Gasteiger partial charge in [0.1, 0.15) is 5.75 Å². The van der Waals surface area contributed by atoms with E-state index < -0.39 is 6.10 Å². The van der Waals surface area contributed by atoms with Gasteiger partial charge in [0.15, 0.2) is 0 Å². The SMILES string of the molecule is CNCC(O)c1cc(O)c(C)c(Br)c1. The van der Waals surface area contributed by atoms with E-state index in [-0.39, 0.29) is 5.75 Å². The number of phenols is 1. The molecule has 0 aromatic heterocycles. The Morgan fingerprint density at radius 1 is 1.50 bits per heavy atom. The first-order chi connectivity index (χ1) is 6.56. The van der Waals surface area contributed by atoms with Gasteiger partial charge in [-0.3, -0.25) is 0 Å². The van der Waals surface area contributed by atoms with Crippen LogP contribution in [0.4, 0.5) is 0 Å². The van der Waals surface area contributed by atoms with Crippen LogP contribution in [0.1, 0.15) is 17.2 Å². The number of aliphatic hydroxyl groups is 1. The Bertz CT molecular complexity index is 305. The van der Waals surface area contributed by atoms with Crippen molar-refractivity contribution in [1.82, 2.24) is 5.32 Å². The van der Waals surface area contributed by atoms with Crippen LogP contribution in [0.2, 0.25) is 0 Å². The van der Waals surface area contributed by atoms with Crippen molar-refractivity contribution in [1.29, 1.82) is 0 Å². The van der Waals surface area contributed by atoms with Gasteiger partial charge < -0.3 is 15.5 Å².